The van der Waals surface area contributed by atoms with Gasteiger partial charge in [0.25, 0.3) is 0 Å². The van der Waals surface area contributed by atoms with E-state index >= 15 is 0 Å². The maximum absolute atomic E-state index is 6.49. The summed E-state index contributed by atoms with van der Waals surface area (Å²) in [5.41, 5.74) is 19.3. The van der Waals surface area contributed by atoms with Gasteiger partial charge in [-0.1, -0.05) is 182 Å². The summed E-state index contributed by atoms with van der Waals surface area (Å²) < 4.78 is 12.9. The molecule has 1 spiro atoms. The van der Waals surface area contributed by atoms with Crippen molar-refractivity contribution in [3.8, 4) is 22.3 Å². The molecule has 0 saturated heterocycles. The summed E-state index contributed by atoms with van der Waals surface area (Å²) in [6.07, 6.45) is 0. The largest absolute Gasteiger partial charge is 0.456 e. The SMILES string of the molecule is CN1SN=C(c2ccccc2)N=C1c1ccccc1.c1ccc(N2c3ccccc3C3(c4ccccc4-c4c3ccc3oc5ccccc5c43)c3ccc(-c4ccc5[nH]c6ccccc6c5c4)cc32)cc1. The second-order valence-corrected chi connectivity index (χ2v) is 19.2. The lowest BCUT2D eigenvalue weighted by atomic mass is 9.64. The van der Waals surface area contributed by atoms with Crippen LogP contribution in [0.1, 0.15) is 33.4 Å². The number of hydrogen-bond donors (Lipinski definition) is 1. The van der Waals surface area contributed by atoms with Crippen molar-refractivity contribution in [3.05, 3.63) is 270 Å². The maximum atomic E-state index is 6.49. The molecule has 2 aromatic heterocycles. The van der Waals surface area contributed by atoms with E-state index in [0.29, 0.717) is 0 Å². The van der Waals surface area contributed by atoms with Crippen molar-refractivity contribution in [2.24, 2.45) is 9.39 Å². The Kier molecular flexibility index (Phi) is 9.47. The van der Waals surface area contributed by atoms with Crippen molar-refractivity contribution in [1.29, 1.82) is 0 Å². The summed E-state index contributed by atoms with van der Waals surface area (Å²) in [7, 11) is 1.97. The highest BCUT2D eigenvalue weighted by Gasteiger charge is 2.52. The lowest BCUT2D eigenvalue weighted by molar-refractivity contribution is 0.668. The molecule has 0 bridgehead atoms. The van der Waals surface area contributed by atoms with Gasteiger partial charge in [0.2, 0.25) is 0 Å². The number of aromatic nitrogens is 1. The highest BCUT2D eigenvalue weighted by atomic mass is 32.2. The molecule has 1 unspecified atom stereocenters. The Hall–Kier alpha value is -8.91. The predicted octanol–water partition coefficient (Wildman–Crippen LogP) is 16.4. The molecule has 6 nitrogen and oxygen atoms in total. The second kappa shape index (κ2) is 16.4. The van der Waals surface area contributed by atoms with Crippen LogP contribution in [-0.4, -0.2) is 28.0 Å². The molecule has 336 valence electrons. The van der Waals surface area contributed by atoms with Crippen molar-refractivity contribution in [2.75, 3.05) is 11.9 Å². The number of fused-ring (bicyclic) bond motifs is 16. The Morgan fingerprint density at radius 2 is 1.08 bits per heavy atom. The Balaban J connectivity index is 0.000000208. The number of benzene rings is 10. The first-order valence-corrected chi connectivity index (χ1v) is 24.7. The van der Waals surface area contributed by atoms with Gasteiger partial charge in [0.1, 0.15) is 17.0 Å². The first-order chi connectivity index (χ1) is 35.1. The van der Waals surface area contributed by atoms with E-state index in [1.165, 1.54) is 84.2 Å². The maximum Gasteiger partial charge on any atom is 0.171 e. The lowest BCUT2D eigenvalue weighted by Crippen LogP contribution is -2.36. The van der Waals surface area contributed by atoms with E-state index < -0.39 is 5.41 Å². The van der Waals surface area contributed by atoms with Gasteiger partial charge < -0.3 is 14.3 Å². The summed E-state index contributed by atoms with van der Waals surface area (Å²) in [5.74, 6) is 1.70. The van der Waals surface area contributed by atoms with Gasteiger partial charge in [0.15, 0.2) is 5.84 Å². The molecule has 4 heterocycles. The van der Waals surface area contributed by atoms with Crippen LogP contribution in [0, 0.1) is 0 Å². The molecule has 0 saturated carbocycles. The summed E-state index contributed by atoms with van der Waals surface area (Å²) >= 11 is 1.41. The number of H-pyrrole nitrogens is 1. The molecule has 2 aliphatic heterocycles. The summed E-state index contributed by atoms with van der Waals surface area (Å²) in [6.45, 7) is 0. The third-order valence-electron chi connectivity index (χ3n) is 14.4. The number of hydrogen-bond acceptors (Lipinski definition) is 6. The Morgan fingerprint density at radius 3 is 1.92 bits per heavy atom. The lowest BCUT2D eigenvalue weighted by Gasteiger charge is -2.45. The number of para-hydroxylation sites is 4. The molecule has 1 aliphatic carbocycles. The van der Waals surface area contributed by atoms with Crippen LogP contribution in [0.2, 0.25) is 0 Å². The fourth-order valence-corrected chi connectivity index (χ4v) is 12.0. The third kappa shape index (κ3) is 6.36. The van der Waals surface area contributed by atoms with Crippen LogP contribution in [-0.2, 0) is 5.41 Å². The minimum absolute atomic E-state index is 0.547. The van der Waals surface area contributed by atoms with Crippen LogP contribution < -0.4 is 4.90 Å². The van der Waals surface area contributed by atoms with Crippen LogP contribution in [0.25, 0.3) is 66.0 Å². The monoisotopic (exact) mass is 929 g/mol. The zero-order chi connectivity index (χ0) is 47.0. The molecule has 10 aromatic carbocycles. The van der Waals surface area contributed by atoms with Crippen molar-refractivity contribution in [3.63, 3.8) is 0 Å². The zero-order valence-corrected chi connectivity index (χ0v) is 39.4. The van der Waals surface area contributed by atoms with Gasteiger partial charge in [-0.25, -0.2) is 4.99 Å². The normalized spacial score (nSPS) is 15.5. The molecule has 1 N–H and O–H groups in total. The molecule has 1 atom stereocenters. The number of rotatable bonds is 4. The molecule has 0 amide bonds. The van der Waals surface area contributed by atoms with E-state index in [9.17, 15) is 0 Å². The summed E-state index contributed by atoms with van der Waals surface area (Å²) in [6, 6.07) is 84.6. The molecule has 0 fully saturated rings. The van der Waals surface area contributed by atoms with Crippen LogP contribution in [0.4, 0.5) is 17.1 Å². The van der Waals surface area contributed by atoms with Crippen LogP contribution in [0.15, 0.2) is 250 Å². The number of furan rings is 1. The zero-order valence-electron chi connectivity index (χ0n) is 38.6. The number of aromatic amines is 1. The van der Waals surface area contributed by atoms with E-state index in [-0.39, 0.29) is 0 Å². The van der Waals surface area contributed by atoms with Crippen molar-refractivity contribution >= 4 is 84.6 Å². The number of nitrogens with zero attached hydrogens (tertiary/aromatic N) is 4. The van der Waals surface area contributed by atoms with Gasteiger partial charge in [-0.2, -0.15) is 4.40 Å². The molecule has 12 aromatic rings. The van der Waals surface area contributed by atoms with Crippen molar-refractivity contribution < 1.29 is 4.42 Å². The number of anilines is 3. The average molecular weight is 930 g/mol. The quantitative estimate of drug-likeness (QED) is 0.179. The number of nitrogens with one attached hydrogen (secondary N) is 1. The highest BCUT2D eigenvalue weighted by molar-refractivity contribution is 7.96. The Bertz CT molecular complexity index is 4120. The third-order valence-corrected chi connectivity index (χ3v) is 15.1. The molecule has 3 aliphatic rings. The number of amidine groups is 2. The van der Waals surface area contributed by atoms with E-state index in [1.807, 2.05) is 59.9 Å². The standard InChI is InChI=1S/C49H30N2O.C15H13N3S/c1-2-12-32(13-3-1)51-43-20-10-8-18-38(43)49(37-17-7-4-15-34(37)47-40(49)25-27-46-48(47)35-16-6-11-21-45(35)52-46)39-24-22-31(29-44(39)51)30-23-26-42-36(28-30)33-14-5-9-19-41(33)50-42;1-18-15(13-10-6-3-7-11-13)16-14(17-19-18)12-8-4-2-5-9-12/h1-29,50H;2-11H,1H3. The van der Waals surface area contributed by atoms with Gasteiger partial charge in [0, 0.05) is 56.4 Å². The average Bonchev–Trinajstić information content (AvgIpc) is 4.10. The van der Waals surface area contributed by atoms with E-state index in [1.54, 1.807) is 0 Å². The molecular weight excluding hydrogens is 887 g/mol. The smallest absolute Gasteiger partial charge is 0.171 e. The summed E-state index contributed by atoms with van der Waals surface area (Å²) in [4.78, 5) is 10.7. The van der Waals surface area contributed by atoms with Crippen LogP contribution >= 0.6 is 12.1 Å². The minimum Gasteiger partial charge on any atom is -0.456 e. The van der Waals surface area contributed by atoms with E-state index in [2.05, 4.69) is 207 Å². The van der Waals surface area contributed by atoms with Crippen LogP contribution in [0.5, 0.6) is 0 Å². The minimum atomic E-state index is -0.547. The van der Waals surface area contributed by atoms with Crippen LogP contribution in [0.3, 0.4) is 0 Å². The summed E-state index contributed by atoms with van der Waals surface area (Å²) in [5, 5.41) is 4.82. The molecule has 71 heavy (non-hydrogen) atoms. The first kappa shape index (κ1) is 41.1. The second-order valence-electron chi connectivity index (χ2n) is 18.3. The molecule has 0 radical (unpaired) electrons. The Morgan fingerprint density at radius 1 is 0.465 bits per heavy atom. The highest BCUT2D eigenvalue weighted by Crippen LogP contribution is 2.65. The predicted molar refractivity (Wildman–Crippen MR) is 295 cm³/mol. The molecule has 15 rings (SSSR count). The fraction of sp³-hybridized carbons (Fsp3) is 0.0312. The topological polar surface area (TPSA) is 60.1 Å². The van der Waals surface area contributed by atoms with Gasteiger partial charge in [0.05, 0.1) is 28.9 Å². The van der Waals surface area contributed by atoms with Gasteiger partial charge >= 0.3 is 0 Å². The van der Waals surface area contributed by atoms with E-state index in [0.717, 1.165) is 56.1 Å². The van der Waals surface area contributed by atoms with Crippen molar-refractivity contribution in [2.45, 2.75) is 5.41 Å². The fourth-order valence-electron chi connectivity index (χ4n) is 11.4. The van der Waals surface area contributed by atoms with Gasteiger partial charge in [-0.3, -0.25) is 4.31 Å². The van der Waals surface area contributed by atoms with Gasteiger partial charge in [-0.15, -0.1) is 0 Å². The molecular formula is C64H43N5OS. The Labute approximate surface area is 415 Å². The van der Waals surface area contributed by atoms with Crippen molar-refractivity contribution in [1.82, 2.24) is 9.29 Å². The van der Waals surface area contributed by atoms with Gasteiger partial charge in [-0.05, 0) is 99.1 Å². The first-order valence-electron chi connectivity index (χ1n) is 24.0. The molecule has 7 heteroatoms. The number of aliphatic imine (C=N–C) groups is 1. The van der Waals surface area contributed by atoms with E-state index in [4.69, 9.17) is 4.42 Å².